The highest BCUT2D eigenvalue weighted by Crippen LogP contribution is 2.29. The van der Waals surface area contributed by atoms with Crippen molar-refractivity contribution in [3.8, 4) is 5.88 Å². The molecule has 0 bridgehead atoms. The van der Waals surface area contributed by atoms with Gasteiger partial charge in [0, 0.05) is 24.0 Å². The highest BCUT2D eigenvalue weighted by molar-refractivity contribution is 6.16. The fraction of sp³-hybridized carbons (Fsp3) is 0.400. The van der Waals surface area contributed by atoms with Gasteiger partial charge >= 0.3 is 0 Å². The van der Waals surface area contributed by atoms with E-state index in [1.165, 1.54) is 0 Å². The Kier molecular flexibility index (Phi) is 3.26. The minimum Gasteiger partial charge on any atom is -0.477 e. The van der Waals surface area contributed by atoms with Gasteiger partial charge in [0.25, 0.3) is 0 Å². The normalized spacial score (nSPS) is 13.5. The molecule has 2 aromatic heterocycles. The van der Waals surface area contributed by atoms with Gasteiger partial charge in [0.15, 0.2) is 0 Å². The van der Waals surface area contributed by atoms with E-state index in [0.717, 1.165) is 22.4 Å². The van der Waals surface area contributed by atoms with Gasteiger partial charge in [0.1, 0.15) is 0 Å². The average molecular weight is 270 g/mol. The van der Waals surface area contributed by atoms with Gasteiger partial charge in [-0.3, -0.25) is 9.67 Å². The summed E-state index contributed by atoms with van der Waals surface area (Å²) in [5.41, 5.74) is 4.13. The number of fused-ring (bicyclic) bond motifs is 1. The number of hydrogen-bond donors (Lipinski definition) is 0. The molecular formula is C15H18N4O. The van der Waals surface area contributed by atoms with Gasteiger partial charge in [0.2, 0.25) is 5.88 Å². The molecule has 3 rings (SSSR count). The van der Waals surface area contributed by atoms with Crippen LogP contribution in [-0.2, 0) is 6.54 Å². The minimum absolute atomic E-state index is 0.338. The molecule has 0 fully saturated rings. The highest BCUT2D eigenvalue weighted by atomic mass is 16.5. The molecule has 0 aromatic carbocycles. The zero-order valence-corrected chi connectivity index (χ0v) is 12.0. The lowest BCUT2D eigenvalue weighted by Gasteiger charge is -2.09. The molecule has 0 saturated heterocycles. The first-order chi connectivity index (χ1) is 9.70. The Hall–Kier alpha value is -2.17. The van der Waals surface area contributed by atoms with E-state index >= 15 is 0 Å². The predicted octanol–water partition coefficient (Wildman–Crippen LogP) is 2.61. The fourth-order valence-electron chi connectivity index (χ4n) is 2.33. The van der Waals surface area contributed by atoms with Crippen LogP contribution >= 0.6 is 0 Å². The van der Waals surface area contributed by atoms with Crippen LogP contribution in [0.5, 0.6) is 5.88 Å². The Bertz CT molecular complexity index is 658. The van der Waals surface area contributed by atoms with Crippen LogP contribution in [0.3, 0.4) is 0 Å². The van der Waals surface area contributed by atoms with E-state index in [2.05, 4.69) is 28.9 Å². The number of pyridine rings is 1. The van der Waals surface area contributed by atoms with Crippen molar-refractivity contribution < 1.29 is 4.74 Å². The molecule has 0 atom stereocenters. The number of rotatable bonds is 4. The maximum Gasteiger partial charge on any atom is 0.223 e. The fourth-order valence-corrected chi connectivity index (χ4v) is 2.33. The van der Waals surface area contributed by atoms with Crippen molar-refractivity contribution >= 4 is 5.71 Å². The Morgan fingerprint density at radius 2 is 2.25 bits per heavy atom. The summed E-state index contributed by atoms with van der Waals surface area (Å²) in [5.74, 6) is 0.665. The smallest absolute Gasteiger partial charge is 0.223 e. The van der Waals surface area contributed by atoms with Crippen LogP contribution < -0.4 is 4.74 Å². The summed E-state index contributed by atoms with van der Waals surface area (Å²) < 4.78 is 7.57. The summed E-state index contributed by atoms with van der Waals surface area (Å²) in [6.07, 6.45) is 5.66. The summed E-state index contributed by atoms with van der Waals surface area (Å²) in [5, 5.41) is 4.38. The largest absolute Gasteiger partial charge is 0.477 e. The van der Waals surface area contributed by atoms with Crippen molar-refractivity contribution in [1.82, 2.24) is 14.8 Å². The van der Waals surface area contributed by atoms with Crippen LogP contribution in [0.2, 0.25) is 0 Å². The summed E-state index contributed by atoms with van der Waals surface area (Å²) in [4.78, 5) is 8.96. The molecule has 0 saturated carbocycles. The lowest BCUT2D eigenvalue weighted by Crippen LogP contribution is -2.06. The zero-order chi connectivity index (χ0) is 14.1. The number of aromatic nitrogens is 3. The molecule has 3 heterocycles. The molecule has 1 aliphatic heterocycles. The summed E-state index contributed by atoms with van der Waals surface area (Å²) in [6, 6.07) is 2.34. The highest BCUT2D eigenvalue weighted by Gasteiger charge is 2.24. The van der Waals surface area contributed by atoms with Crippen LogP contribution in [0.25, 0.3) is 0 Å². The Balaban J connectivity index is 2.02. The van der Waals surface area contributed by atoms with Gasteiger partial charge in [-0.2, -0.15) is 5.10 Å². The Morgan fingerprint density at radius 1 is 1.40 bits per heavy atom. The van der Waals surface area contributed by atoms with E-state index in [1.807, 2.05) is 30.1 Å². The predicted molar refractivity (Wildman–Crippen MR) is 77.4 cm³/mol. The van der Waals surface area contributed by atoms with Crippen LogP contribution in [0.4, 0.5) is 0 Å². The molecule has 0 radical (unpaired) electrons. The van der Waals surface area contributed by atoms with Crippen LogP contribution in [0, 0.1) is 0 Å². The van der Waals surface area contributed by atoms with Crippen molar-refractivity contribution in [3.63, 3.8) is 0 Å². The summed E-state index contributed by atoms with van der Waals surface area (Å²) in [6.45, 7) is 7.45. The van der Waals surface area contributed by atoms with Crippen molar-refractivity contribution in [1.29, 1.82) is 0 Å². The Labute approximate surface area is 118 Å². The van der Waals surface area contributed by atoms with Crippen molar-refractivity contribution in [3.05, 3.63) is 41.3 Å². The summed E-state index contributed by atoms with van der Waals surface area (Å²) in [7, 11) is 0. The van der Waals surface area contributed by atoms with E-state index in [4.69, 9.17) is 4.74 Å². The van der Waals surface area contributed by atoms with Crippen molar-refractivity contribution in [2.45, 2.75) is 33.4 Å². The second kappa shape index (κ2) is 5.07. The zero-order valence-electron chi connectivity index (χ0n) is 12.0. The first-order valence-electron chi connectivity index (χ1n) is 6.90. The topological polar surface area (TPSA) is 52.3 Å². The second-order valence-corrected chi connectivity index (χ2v) is 5.05. The monoisotopic (exact) mass is 270 g/mol. The number of hydrogen-bond acceptors (Lipinski definition) is 4. The van der Waals surface area contributed by atoms with Crippen LogP contribution in [0.15, 0.2) is 29.6 Å². The maximum absolute atomic E-state index is 5.64. The molecule has 0 amide bonds. The third kappa shape index (κ3) is 2.09. The van der Waals surface area contributed by atoms with E-state index in [0.29, 0.717) is 25.1 Å². The van der Waals surface area contributed by atoms with Gasteiger partial charge in [0.05, 0.1) is 30.6 Å². The first-order valence-corrected chi connectivity index (χ1v) is 6.90. The summed E-state index contributed by atoms with van der Waals surface area (Å²) >= 11 is 0. The van der Waals surface area contributed by atoms with E-state index in [-0.39, 0.29) is 0 Å². The lowest BCUT2D eigenvalue weighted by molar-refractivity contribution is 0.326. The number of ether oxygens (including phenoxy) is 1. The van der Waals surface area contributed by atoms with Gasteiger partial charge in [-0.25, -0.2) is 4.98 Å². The molecule has 5 heteroatoms. The van der Waals surface area contributed by atoms with Gasteiger partial charge in [-0.1, -0.05) is 0 Å². The molecule has 2 aromatic rings. The van der Waals surface area contributed by atoms with Crippen molar-refractivity contribution in [2.24, 2.45) is 4.99 Å². The standard InChI is InChI=1S/C15H18N4O/c1-4-20-15-13-11(5-6-16-15)7-17-14(13)12-8-18-19(9-12)10(2)3/h5-6,8-10H,4,7H2,1-3H3. The first kappa shape index (κ1) is 12.8. The minimum atomic E-state index is 0.338. The molecule has 0 N–H and O–H groups in total. The van der Waals surface area contributed by atoms with Crippen LogP contribution in [0.1, 0.15) is 43.5 Å². The van der Waals surface area contributed by atoms with E-state index < -0.39 is 0 Å². The van der Waals surface area contributed by atoms with Gasteiger partial charge in [-0.05, 0) is 32.4 Å². The van der Waals surface area contributed by atoms with E-state index in [9.17, 15) is 0 Å². The van der Waals surface area contributed by atoms with Crippen molar-refractivity contribution in [2.75, 3.05) is 6.61 Å². The second-order valence-electron chi connectivity index (χ2n) is 5.05. The average Bonchev–Trinajstić information content (AvgIpc) is 3.05. The molecule has 20 heavy (non-hydrogen) atoms. The molecule has 5 nitrogen and oxygen atoms in total. The molecule has 104 valence electrons. The van der Waals surface area contributed by atoms with Crippen LogP contribution in [-0.4, -0.2) is 27.1 Å². The van der Waals surface area contributed by atoms with E-state index in [1.54, 1.807) is 6.20 Å². The molecule has 1 aliphatic rings. The molecule has 0 unspecified atom stereocenters. The third-order valence-electron chi connectivity index (χ3n) is 3.33. The quantitative estimate of drug-likeness (QED) is 0.858. The maximum atomic E-state index is 5.64. The van der Waals surface area contributed by atoms with Gasteiger partial charge < -0.3 is 4.74 Å². The third-order valence-corrected chi connectivity index (χ3v) is 3.33. The molecular weight excluding hydrogens is 252 g/mol. The Morgan fingerprint density at radius 3 is 2.95 bits per heavy atom. The molecule has 0 spiro atoms. The SMILES string of the molecule is CCOc1nccc2c1C(c1cnn(C(C)C)c1)=NC2. The lowest BCUT2D eigenvalue weighted by atomic mass is 10.0. The molecule has 0 aliphatic carbocycles. The number of aliphatic imine (C=N–C) groups is 1. The van der Waals surface area contributed by atoms with Gasteiger partial charge in [-0.15, -0.1) is 0 Å². The number of nitrogens with zero attached hydrogens (tertiary/aromatic N) is 4.